The monoisotopic (exact) mass is 225 g/mol. The van der Waals surface area contributed by atoms with Gasteiger partial charge in [-0.25, -0.2) is 9.67 Å². The van der Waals surface area contributed by atoms with Gasteiger partial charge < -0.3 is 9.47 Å². The van der Waals surface area contributed by atoms with Crippen molar-refractivity contribution in [2.45, 2.75) is 32.6 Å². The van der Waals surface area contributed by atoms with Crippen molar-refractivity contribution in [1.29, 1.82) is 0 Å². The summed E-state index contributed by atoms with van der Waals surface area (Å²) in [5.74, 6) is 0.764. The maximum Gasteiger partial charge on any atom is 0.164 e. The molecule has 1 aromatic heterocycles. The van der Waals surface area contributed by atoms with Crippen LogP contribution >= 0.6 is 0 Å². The topological polar surface area (TPSA) is 66.2 Å². The fourth-order valence-corrected chi connectivity index (χ4v) is 1.65. The third-order valence-corrected chi connectivity index (χ3v) is 2.44. The predicted molar refractivity (Wildman–Crippen MR) is 54.7 cm³/mol. The van der Waals surface area contributed by atoms with Gasteiger partial charge in [0.15, 0.2) is 6.29 Å². The quantitative estimate of drug-likeness (QED) is 0.714. The zero-order valence-electron chi connectivity index (χ0n) is 9.26. The Morgan fingerprint density at radius 3 is 3.00 bits per heavy atom. The molecule has 0 aromatic carbocycles. The summed E-state index contributed by atoms with van der Waals surface area (Å²) in [6.07, 6.45) is 1.67. The van der Waals surface area contributed by atoms with E-state index in [2.05, 4.69) is 10.1 Å². The van der Waals surface area contributed by atoms with Crippen molar-refractivity contribution in [2.24, 2.45) is 0 Å². The molecular formula is C10H15N3O3. The number of nitrogens with zero attached hydrogens (tertiary/aromatic N) is 3. The smallest absolute Gasteiger partial charge is 0.164 e. The van der Waals surface area contributed by atoms with Crippen LogP contribution < -0.4 is 0 Å². The number of aromatic nitrogens is 3. The summed E-state index contributed by atoms with van der Waals surface area (Å²) in [4.78, 5) is 15.7. The Kier molecular flexibility index (Phi) is 3.63. The Hall–Kier alpha value is -1.27. The Morgan fingerprint density at radius 2 is 2.31 bits per heavy atom. The molecule has 0 spiro atoms. The molecule has 1 aliphatic heterocycles. The summed E-state index contributed by atoms with van der Waals surface area (Å²) in [6.45, 7) is 3.83. The van der Waals surface area contributed by atoms with E-state index in [4.69, 9.17) is 9.47 Å². The van der Waals surface area contributed by atoms with Crippen LogP contribution in [-0.2, 0) is 27.2 Å². The summed E-state index contributed by atoms with van der Waals surface area (Å²) in [5, 5.41) is 4.01. The van der Waals surface area contributed by atoms with E-state index in [-0.39, 0.29) is 24.9 Å². The normalized spacial score (nSPS) is 16.8. The van der Waals surface area contributed by atoms with Crippen molar-refractivity contribution in [3.8, 4) is 0 Å². The van der Waals surface area contributed by atoms with Crippen molar-refractivity contribution < 1.29 is 14.3 Å². The van der Waals surface area contributed by atoms with Gasteiger partial charge in [-0.1, -0.05) is 0 Å². The van der Waals surface area contributed by atoms with Gasteiger partial charge in [0, 0.05) is 6.54 Å². The molecule has 2 rings (SSSR count). The molecule has 88 valence electrons. The van der Waals surface area contributed by atoms with Crippen LogP contribution in [-0.4, -0.2) is 40.1 Å². The molecule has 0 saturated carbocycles. The number of rotatable bonds is 5. The van der Waals surface area contributed by atoms with E-state index in [0.717, 1.165) is 6.54 Å². The highest BCUT2D eigenvalue weighted by atomic mass is 16.7. The standard InChI is InChI=1S/C10H15N3O3/c1-2-13-9(11-7-12-13)5-8(14)6-10-15-3-4-16-10/h7,10H,2-6H2,1H3. The molecule has 0 aliphatic carbocycles. The minimum Gasteiger partial charge on any atom is -0.350 e. The average Bonchev–Trinajstić information content (AvgIpc) is 2.88. The maximum atomic E-state index is 11.7. The van der Waals surface area contributed by atoms with E-state index in [1.54, 1.807) is 4.68 Å². The van der Waals surface area contributed by atoms with Gasteiger partial charge in [-0.3, -0.25) is 4.79 Å². The highest BCUT2D eigenvalue weighted by molar-refractivity contribution is 5.80. The molecular weight excluding hydrogens is 210 g/mol. The van der Waals surface area contributed by atoms with Gasteiger partial charge in [0.25, 0.3) is 0 Å². The van der Waals surface area contributed by atoms with Gasteiger partial charge in [0.1, 0.15) is 17.9 Å². The van der Waals surface area contributed by atoms with E-state index in [1.807, 2.05) is 6.92 Å². The molecule has 0 atom stereocenters. The van der Waals surface area contributed by atoms with Crippen LogP contribution in [0.15, 0.2) is 6.33 Å². The van der Waals surface area contributed by atoms with Gasteiger partial charge in [0.2, 0.25) is 0 Å². The second-order valence-electron chi connectivity index (χ2n) is 3.58. The van der Waals surface area contributed by atoms with Gasteiger partial charge in [-0.15, -0.1) is 0 Å². The molecule has 6 heteroatoms. The summed E-state index contributed by atoms with van der Waals surface area (Å²) in [7, 11) is 0. The summed E-state index contributed by atoms with van der Waals surface area (Å²) < 4.78 is 12.1. The third kappa shape index (κ3) is 2.65. The molecule has 16 heavy (non-hydrogen) atoms. The molecule has 2 heterocycles. The molecule has 0 radical (unpaired) electrons. The van der Waals surface area contributed by atoms with E-state index >= 15 is 0 Å². The molecule has 1 aromatic rings. The number of hydrogen-bond donors (Lipinski definition) is 0. The van der Waals surface area contributed by atoms with Crippen molar-refractivity contribution >= 4 is 5.78 Å². The molecule has 1 saturated heterocycles. The molecule has 0 N–H and O–H groups in total. The van der Waals surface area contributed by atoms with Crippen LogP contribution in [0.3, 0.4) is 0 Å². The van der Waals surface area contributed by atoms with Gasteiger partial charge in [0.05, 0.1) is 26.1 Å². The van der Waals surface area contributed by atoms with Crippen molar-refractivity contribution in [3.05, 3.63) is 12.2 Å². The molecule has 6 nitrogen and oxygen atoms in total. The van der Waals surface area contributed by atoms with E-state index in [0.29, 0.717) is 19.0 Å². The summed E-state index contributed by atoms with van der Waals surface area (Å²) in [6, 6.07) is 0. The highest BCUT2D eigenvalue weighted by Gasteiger charge is 2.20. The summed E-state index contributed by atoms with van der Waals surface area (Å²) in [5.41, 5.74) is 0. The lowest BCUT2D eigenvalue weighted by Crippen LogP contribution is -2.18. The van der Waals surface area contributed by atoms with Crippen molar-refractivity contribution in [2.75, 3.05) is 13.2 Å². The SMILES string of the molecule is CCn1ncnc1CC(=O)CC1OCCO1. The zero-order chi connectivity index (χ0) is 11.4. The number of hydrogen-bond acceptors (Lipinski definition) is 5. The number of aryl methyl sites for hydroxylation is 1. The second-order valence-corrected chi connectivity index (χ2v) is 3.58. The highest BCUT2D eigenvalue weighted by Crippen LogP contribution is 2.09. The Bertz CT molecular complexity index is 358. The van der Waals surface area contributed by atoms with E-state index in [9.17, 15) is 4.79 Å². The molecule has 0 amide bonds. The minimum atomic E-state index is -0.370. The number of Topliss-reactive ketones (excluding diaryl/α,β-unsaturated/α-hetero) is 1. The van der Waals surface area contributed by atoms with Crippen LogP contribution in [0.4, 0.5) is 0 Å². The van der Waals surface area contributed by atoms with Gasteiger partial charge in [-0.2, -0.15) is 5.10 Å². The summed E-state index contributed by atoms with van der Waals surface area (Å²) >= 11 is 0. The van der Waals surface area contributed by atoms with E-state index < -0.39 is 0 Å². The first kappa shape index (κ1) is 11.2. The van der Waals surface area contributed by atoms with Crippen LogP contribution in [0.2, 0.25) is 0 Å². The van der Waals surface area contributed by atoms with Crippen molar-refractivity contribution in [3.63, 3.8) is 0 Å². The fourth-order valence-electron chi connectivity index (χ4n) is 1.65. The zero-order valence-corrected chi connectivity index (χ0v) is 9.26. The number of ether oxygens (including phenoxy) is 2. The average molecular weight is 225 g/mol. The van der Waals surface area contributed by atoms with Crippen LogP contribution in [0.1, 0.15) is 19.2 Å². The maximum absolute atomic E-state index is 11.7. The largest absolute Gasteiger partial charge is 0.350 e. The first-order valence-corrected chi connectivity index (χ1v) is 5.41. The predicted octanol–water partition coefficient (Wildman–Crippen LogP) is 0.173. The lowest BCUT2D eigenvalue weighted by Gasteiger charge is -2.07. The van der Waals surface area contributed by atoms with Gasteiger partial charge >= 0.3 is 0 Å². The lowest BCUT2D eigenvalue weighted by atomic mass is 10.2. The Labute approximate surface area is 93.6 Å². The lowest BCUT2D eigenvalue weighted by molar-refractivity contribution is -0.126. The van der Waals surface area contributed by atoms with Gasteiger partial charge in [-0.05, 0) is 6.92 Å². The van der Waals surface area contributed by atoms with Crippen LogP contribution in [0.25, 0.3) is 0 Å². The second kappa shape index (κ2) is 5.18. The molecule has 1 fully saturated rings. The number of carbonyl (C=O) groups is 1. The van der Waals surface area contributed by atoms with Crippen molar-refractivity contribution in [1.82, 2.24) is 14.8 Å². The Morgan fingerprint density at radius 1 is 1.56 bits per heavy atom. The third-order valence-electron chi connectivity index (χ3n) is 2.44. The number of ketones is 1. The molecule has 1 aliphatic rings. The Balaban J connectivity index is 1.86. The first-order chi connectivity index (χ1) is 7.79. The first-order valence-electron chi connectivity index (χ1n) is 5.41. The molecule has 0 unspecified atom stereocenters. The minimum absolute atomic E-state index is 0.0644. The number of carbonyl (C=O) groups excluding carboxylic acids is 1. The van der Waals surface area contributed by atoms with Crippen LogP contribution in [0, 0.1) is 0 Å². The van der Waals surface area contributed by atoms with E-state index in [1.165, 1.54) is 6.33 Å². The fraction of sp³-hybridized carbons (Fsp3) is 0.700. The van der Waals surface area contributed by atoms with Crippen LogP contribution in [0.5, 0.6) is 0 Å². The molecule has 0 bridgehead atoms.